The van der Waals surface area contributed by atoms with Gasteiger partial charge in [-0.15, -0.1) is 0 Å². The molecule has 5 heteroatoms. The number of fused-ring (bicyclic) bond motifs is 1. The van der Waals surface area contributed by atoms with Crippen LogP contribution in [0, 0.1) is 12.7 Å². The van der Waals surface area contributed by atoms with Gasteiger partial charge in [0.05, 0.1) is 11.1 Å². The zero-order valence-electron chi connectivity index (χ0n) is 15.9. The number of carbonyl (C=O) groups excluding carboxylic acids is 1. The van der Waals surface area contributed by atoms with Gasteiger partial charge in [-0.05, 0) is 51.2 Å². The molecule has 0 fully saturated rings. The molecule has 0 radical (unpaired) electrons. The summed E-state index contributed by atoms with van der Waals surface area (Å²) in [6.07, 6.45) is 0.843. The second kappa shape index (κ2) is 8.27. The fourth-order valence-corrected chi connectivity index (χ4v) is 3.15. The third kappa shape index (κ3) is 4.68. The van der Waals surface area contributed by atoms with Gasteiger partial charge < -0.3 is 10.2 Å². The Morgan fingerprint density at radius 1 is 1.15 bits per heavy atom. The smallest absolute Gasteiger partial charge is 0.252 e. The first-order valence-corrected chi connectivity index (χ1v) is 8.99. The lowest BCUT2D eigenvalue weighted by Crippen LogP contribution is -2.41. The second-order valence-electron chi connectivity index (χ2n) is 6.99. The van der Waals surface area contributed by atoms with Crippen LogP contribution in [-0.4, -0.2) is 42.5 Å². The monoisotopic (exact) mass is 365 g/mol. The van der Waals surface area contributed by atoms with Crippen LogP contribution in [-0.2, 0) is 6.42 Å². The van der Waals surface area contributed by atoms with Gasteiger partial charge >= 0.3 is 0 Å². The van der Waals surface area contributed by atoms with Gasteiger partial charge in [0.25, 0.3) is 5.91 Å². The summed E-state index contributed by atoms with van der Waals surface area (Å²) in [4.78, 5) is 19.3. The molecule has 3 rings (SSSR count). The van der Waals surface area contributed by atoms with Gasteiger partial charge in [0, 0.05) is 29.7 Å². The van der Waals surface area contributed by atoms with Crippen molar-refractivity contribution in [1.29, 1.82) is 0 Å². The quantitative estimate of drug-likeness (QED) is 0.726. The predicted octanol–water partition coefficient (Wildman–Crippen LogP) is 3.59. The number of carbonyl (C=O) groups is 1. The Bertz CT molecular complexity index is 936. The number of halogens is 1. The Balaban J connectivity index is 1.77. The van der Waals surface area contributed by atoms with Crippen molar-refractivity contribution < 1.29 is 9.18 Å². The Morgan fingerprint density at radius 2 is 1.89 bits per heavy atom. The number of rotatable bonds is 6. The number of benzene rings is 2. The minimum absolute atomic E-state index is 0.169. The summed E-state index contributed by atoms with van der Waals surface area (Å²) >= 11 is 0. The Kier molecular flexibility index (Phi) is 5.81. The molecular weight excluding hydrogens is 341 g/mol. The second-order valence-corrected chi connectivity index (χ2v) is 6.99. The van der Waals surface area contributed by atoms with Crippen LogP contribution in [0.1, 0.15) is 21.6 Å². The van der Waals surface area contributed by atoms with Crippen molar-refractivity contribution in [1.82, 2.24) is 15.2 Å². The number of hydrogen-bond acceptors (Lipinski definition) is 3. The van der Waals surface area contributed by atoms with Crippen LogP contribution in [0.4, 0.5) is 4.39 Å². The number of pyridine rings is 1. The summed E-state index contributed by atoms with van der Waals surface area (Å²) in [6.45, 7) is 2.32. The molecule has 1 N–H and O–H groups in total. The van der Waals surface area contributed by atoms with Crippen LogP contribution in [0.2, 0.25) is 0 Å². The van der Waals surface area contributed by atoms with Crippen molar-refractivity contribution in [2.75, 3.05) is 20.6 Å². The van der Waals surface area contributed by atoms with Crippen LogP contribution in [0.25, 0.3) is 10.9 Å². The summed E-state index contributed by atoms with van der Waals surface area (Å²) in [5.41, 5.74) is 2.93. The molecule has 1 amide bonds. The molecule has 0 saturated heterocycles. The maximum Gasteiger partial charge on any atom is 0.252 e. The van der Waals surface area contributed by atoms with Gasteiger partial charge in [0.2, 0.25) is 0 Å². The van der Waals surface area contributed by atoms with Crippen molar-refractivity contribution in [2.45, 2.75) is 19.4 Å². The van der Waals surface area contributed by atoms with Gasteiger partial charge in [-0.1, -0.05) is 30.3 Å². The van der Waals surface area contributed by atoms with Crippen LogP contribution in [0.15, 0.2) is 54.6 Å². The summed E-state index contributed by atoms with van der Waals surface area (Å²) in [6, 6.07) is 16.5. The highest BCUT2D eigenvalue weighted by Crippen LogP contribution is 2.19. The van der Waals surface area contributed by atoms with E-state index in [2.05, 4.69) is 27.3 Å². The highest BCUT2D eigenvalue weighted by atomic mass is 19.1. The molecule has 27 heavy (non-hydrogen) atoms. The van der Waals surface area contributed by atoms with E-state index < -0.39 is 0 Å². The minimum Gasteiger partial charge on any atom is -0.350 e. The van der Waals surface area contributed by atoms with Crippen molar-refractivity contribution in [3.05, 3.63) is 77.2 Å². The van der Waals surface area contributed by atoms with E-state index >= 15 is 0 Å². The Morgan fingerprint density at radius 3 is 2.59 bits per heavy atom. The van der Waals surface area contributed by atoms with Gasteiger partial charge in [-0.2, -0.15) is 0 Å². The number of likely N-dealkylation sites (N-methyl/N-ethyl adjacent to an activating group) is 1. The first-order chi connectivity index (χ1) is 12.9. The zero-order chi connectivity index (χ0) is 19.4. The summed E-state index contributed by atoms with van der Waals surface area (Å²) < 4.78 is 13.5. The minimum atomic E-state index is -0.359. The third-order valence-corrected chi connectivity index (χ3v) is 4.69. The Labute approximate surface area is 159 Å². The standard InChI is InChI=1S/C22H24FN3O/c1-15-11-20(19-10-9-17(23)13-21(19)25-15)22(27)24-14-18(26(2)3)12-16-7-5-4-6-8-16/h4-11,13,18H,12,14H2,1-3H3,(H,24,27). The maximum absolute atomic E-state index is 13.5. The zero-order valence-corrected chi connectivity index (χ0v) is 15.9. The van der Waals surface area contributed by atoms with Crippen LogP contribution in [0.3, 0.4) is 0 Å². The molecule has 2 aromatic carbocycles. The van der Waals surface area contributed by atoms with E-state index in [0.29, 0.717) is 28.7 Å². The number of aromatic nitrogens is 1. The van der Waals surface area contributed by atoms with Crippen molar-refractivity contribution in [3.8, 4) is 0 Å². The molecule has 0 spiro atoms. The summed E-state index contributed by atoms with van der Waals surface area (Å²) in [5.74, 6) is -0.528. The first-order valence-electron chi connectivity index (χ1n) is 8.99. The molecule has 1 unspecified atom stereocenters. The molecule has 1 atom stereocenters. The van der Waals surface area contributed by atoms with E-state index in [-0.39, 0.29) is 17.8 Å². The largest absolute Gasteiger partial charge is 0.350 e. The fourth-order valence-electron chi connectivity index (χ4n) is 3.15. The molecule has 0 bridgehead atoms. The van der Waals surface area contributed by atoms with Crippen LogP contribution >= 0.6 is 0 Å². The average molecular weight is 365 g/mol. The third-order valence-electron chi connectivity index (χ3n) is 4.69. The maximum atomic E-state index is 13.5. The normalized spacial score (nSPS) is 12.3. The molecule has 0 aliphatic rings. The lowest BCUT2D eigenvalue weighted by molar-refractivity contribution is 0.0943. The molecule has 140 valence electrons. The summed E-state index contributed by atoms with van der Waals surface area (Å²) in [5, 5.41) is 3.69. The highest BCUT2D eigenvalue weighted by molar-refractivity contribution is 6.06. The van der Waals surface area contributed by atoms with Crippen molar-refractivity contribution >= 4 is 16.8 Å². The van der Waals surface area contributed by atoms with E-state index in [1.807, 2.05) is 32.3 Å². The lowest BCUT2D eigenvalue weighted by Gasteiger charge is -2.25. The van der Waals surface area contributed by atoms with Gasteiger partial charge in [0.1, 0.15) is 5.82 Å². The molecule has 0 aliphatic heterocycles. The van der Waals surface area contributed by atoms with Crippen molar-refractivity contribution in [3.63, 3.8) is 0 Å². The summed E-state index contributed by atoms with van der Waals surface area (Å²) in [7, 11) is 4.02. The molecule has 4 nitrogen and oxygen atoms in total. The molecule has 1 heterocycles. The number of nitrogens with zero attached hydrogens (tertiary/aromatic N) is 2. The van der Waals surface area contributed by atoms with E-state index in [0.717, 1.165) is 6.42 Å². The van der Waals surface area contributed by atoms with E-state index in [1.165, 1.54) is 17.7 Å². The first kappa shape index (κ1) is 19.0. The molecule has 0 aliphatic carbocycles. The number of nitrogens with one attached hydrogen (secondary N) is 1. The number of aryl methyl sites for hydroxylation is 1. The van der Waals surface area contributed by atoms with Crippen molar-refractivity contribution in [2.24, 2.45) is 0 Å². The van der Waals surface area contributed by atoms with E-state index in [9.17, 15) is 9.18 Å². The molecular formula is C22H24FN3O. The van der Waals surface area contributed by atoms with Gasteiger partial charge in [0.15, 0.2) is 0 Å². The lowest BCUT2D eigenvalue weighted by atomic mass is 10.0. The van der Waals surface area contributed by atoms with Crippen LogP contribution < -0.4 is 5.32 Å². The molecule has 3 aromatic rings. The molecule has 0 saturated carbocycles. The SMILES string of the molecule is Cc1cc(C(=O)NCC(Cc2ccccc2)N(C)C)c2ccc(F)cc2n1. The predicted molar refractivity (Wildman–Crippen MR) is 106 cm³/mol. The number of hydrogen-bond donors (Lipinski definition) is 1. The van der Waals surface area contributed by atoms with Gasteiger partial charge in [-0.25, -0.2) is 4.39 Å². The Hall–Kier alpha value is -2.79. The highest BCUT2D eigenvalue weighted by Gasteiger charge is 2.17. The average Bonchev–Trinajstić information content (AvgIpc) is 2.64. The number of amides is 1. The van der Waals surface area contributed by atoms with Crippen LogP contribution in [0.5, 0.6) is 0 Å². The molecule has 1 aromatic heterocycles. The van der Waals surface area contributed by atoms with Gasteiger partial charge in [-0.3, -0.25) is 9.78 Å². The fraction of sp³-hybridized carbons (Fsp3) is 0.273. The van der Waals surface area contributed by atoms with E-state index in [4.69, 9.17) is 0 Å². The van der Waals surface area contributed by atoms with E-state index in [1.54, 1.807) is 19.1 Å². The topological polar surface area (TPSA) is 45.2 Å².